The van der Waals surface area contributed by atoms with Crippen LogP contribution in [0.4, 0.5) is 5.69 Å². The fraction of sp³-hybridized carbons (Fsp3) is 0.500. The molecule has 119 valence electrons. The lowest BCUT2D eigenvalue weighted by Gasteiger charge is -2.35. The summed E-state index contributed by atoms with van der Waals surface area (Å²) in [5.41, 5.74) is 1.39. The molecule has 1 amide bonds. The molecule has 0 aliphatic heterocycles. The third-order valence-electron chi connectivity index (χ3n) is 4.54. The SMILES string of the molecule is [CH2]Cc1ccccc1NC(=O)CC1(CC(=O)O)CCCCC1. The number of nitrogens with one attached hydrogen (secondary N) is 1. The molecule has 0 aromatic heterocycles. The topological polar surface area (TPSA) is 66.4 Å². The average molecular weight is 302 g/mol. The van der Waals surface area contributed by atoms with Crippen molar-refractivity contribution in [3.05, 3.63) is 36.8 Å². The molecule has 4 nitrogen and oxygen atoms in total. The zero-order valence-electron chi connectivity index (χ0n) is 12.9. The number of hydrogen-bond acceptors (Lipinski definition) is 2. The van der Waals surface area contributed by atoms with Crippen LogP contribution in [0.1, 0.15) is 50.5 Å². The van der Waals surface area contributed by atoms with Crippen molar-refractivity contribution in [1.82, 2.24) is 0 Å². The van der Waals surface area contributed by atoms with Gasteiger partial charge in [-0.05, 0) is 43.2 Å². The normalized spacial score (nSPS) is 17.0. The summed E-state index contributed by atoms with van der Waals surface area (Å²) in [4.78, 5) is 23.6. The van der Waals surface area contributed by atoms with E-state index < -0.39 is 5.97 Å². The lowest BCUT2D eigenvalue weighted by Crippen LogP contribution is -2.32. The highest BCUT2D eigenvalue weighted by atomic mass is 16.4. The molecule has 1 radical (unpaired) electrons. The van der Waals surface area contributed by atoms with Gasteiger partial charge in [0.2, 0.25) is 5.91 Å². The summed E-state index contributed by atoms with van der Waals surface area (Å²) in [6, 6.07) is 7.60. The predicted octanol–water partition coefficient (Wildman–Crippen LogP) is 3.82. The number of carbonyl (C=O) groups is 2. The highest BCUT2D eigenvalue weighted by Gasteiger charge is 2.36. The standard InChI is InChI=1S/C18H24NO3/c1-2-14-8-4-5-9-15(14)19-16(20)12-18(13-17(21)22)10-6-3-7-11-18/h4-5,8-9H,1-3,6-7,10-13H2,(H,19,20)(H,21,22). The maximum atomic E-state index is 12.4. The van der Waals surface area contributed by atoms with Crippen LogP contribution in [0.3, 0.4) is 0 Å². The van der Waals surface area contributed by atoms with E-state index in [1.165, 1.54) is 0 Å². The third-order valence-corrected chi connectivity index (χ3v) is 4.54. The molecule has 0 bridgehead atoms. The summed E-state index contributed by atoms with van der Waals surface area (Å²) >= 11 is 0. The van der Waals surface area contributed by atoms with Crippen LogP contribution >= 0.6 is 0 Å². The van der Waals surface area contributed by atoms with Gasteiger partial charge >= 0.3 is 5.97 Å². The van der Waals surface area contributed by atoms with E-state index >= 15 is 0 Å². The number of carbonyl (C=O) groups excluding carboxylic acids is 1. The first kappa shape index (κ1) is 16.5. The average Bonchev–Trinajstić information content (AvgIpc) is 2.47. The number of carboxylic acids is 1. The van der Waals surface area contributed by atoms with Crippen molar-refractivity contribution < 1.29 is 14.7 Å². The molecular formula is C18H24NO3. The molecule has 1 aliphatic rings. The van der Waals surface area contributed by atoms with Gasteiger partial charge in [0.15, 0.2) is 0 Å². The second-order valence-electron chi connectivity index (χ2n) is 6.26. The zero-order chi connectivity index (χ0) is 16.0. The monoisotopic (exact) mass is 302 g/mol. The smallest absolute Gasteiger partial charge is 0.303 e. The Morgan fingerprint density at radius 1 is 1.14 bits per heavy atom. The molecule has 4 heteroatoms. The molecule has 1 aromatic carbocycles. The Bertz CT molecular complexity index is 533. The minimum atomic E-state index is -0.812. The Morgan fingerprint density at radius 3 is 2.45 bits per heavy atom. The number of aliphatic carboxylic acids is 1. The number of rotatable bonds is 6. The molecule has 1 aromatic rings. The fourth-order valence-corrected chi connectivity index (χ4v) is 3.43. The molecule has 2 rings (SSSR count). The summed E-state index contributed by atoms with van der Waals surface area (Å²) in [5.74, 6) is -0.906. The van der Waals surface area contributed by atoms with Gasteiger partial charge in [0.05, 0.1) is 6.42 Å². The van der Waals surface area contributed by atoms with E-state index in [1.807, 2.05) is 24.3 Å². The number of benzene rings is 1. The summed E-state index contributed by atoms with van der Waals surface area (Å²) in [6.45, 7) is 3.86. The van der Waals surface area contributed by atoms with Crippen molar-refractivity contribution >= 4 is 17.6 Å². The van der Waals surface area contributed by atoms with Gasteiger partial charge in [-0.25, -0.2) is 0 Å². The van der Waals surface area contributed by atoms with Crippen molar-refractivity contribution in [2.45, 2.75) is 51.4 Å². The summed E-state index contributed by atoms with van der Waals surface area (Å²) in [6.07, 6.45) is 5.77. The second kappa shape index (κ2) is 7.43. The molecule has 0 spiro atoms. The van der Waals surface area contributed by atoms with Crippen LogP contribution in [0.2, 0.25) is 0 Å². The van der Waals surface area contributed by atoms with E-state index in [0.717, 1.165) is 43.4 Å². The molecule has 22 heavy (non-hydrogen) atoms. The molecule has 0 unspecified atom stereocenters. The lowest BCUT2D eigenvalue weighted by molar-refractivity contribution is -0.140. The van der Waals surface area contributed by atoms with E-state index in [2.05, 4.69) is 12.2 Å². The highest BCUT2D eigenvalue weighted by molar-refractivity contribution is 5.92. The number of carboxylic acid groups (broad SMARTS) is 1. The van der Waals surface area contributed by atoms with Crippen LogP contribution in [0.25, 0.3) is 0 Å². The highest BCUT2D eigenvalue weighted by Crippen LogP contribution is 2.42. The van der Waals surface area contributed by atoms with Crippen molar-refractivity contribution in [3.8, 4) is 0 Å². The van der Waals surface area contributed by atoms with E-state index in [9.17, 15) is 14.7 Å². The van der Waals surface area contributed by atoms with Gasteiger partial charge in [-0.15, -0.1) is 0 Å². The molecule has 1 fully saturated rings. The van der Waals surface area contributed by atoms with Gasteiger partial charge in [-0.3, -0.25) is 9.59 Å². The quantitative estimate of drug-likeness (QED) is 0.839. The third kappa shape index (κ3) is 4.33. The van der Waals surface area contributed by atoms with Crippen LogP contribution in [-0.2, 0) is 16.0 Å². The molecule has 0 heterocycles. The van der Waals surface area contributed by atoms with Crippen molar-refractivity contribution in [3.63, 3.8) is 0 Å². The number of anilines is 1. The van der Waals surface area contributed by atoms with Crippen LogP contribution in [0.5, 0.6) is 0 Å². The summed E-state index contributed by atoms with van der Waals surface area (Å²) in [7, 11) is 0. The molecule has 1 aliphatic carbocycles. The Balaban J connectivity index is 2.06. The van der Waals surface area contributed by atoms with E-state index in [-0.39, 0.29) is 24.2 Å². The predicted molar refractivity (Wildman–Crippen MR) is 86.5 cm³/mol. The Morgan fingerprint density at radius 2 is 1.82 bits per heavy atom. The molecule has 0 atom stereocenters. The van der Waals surface area contributed by atoms with Crippen molar-refractivity contribution in [2.24, 2.45) is 5.41 Å². The number of amides is 1. The molecule has 2 N–H and O–H groups in total. The minimum Gasteiger partial charge on any atom is -0.481 e. The minimum absolute atomic E-state index is 0.0808. The van der Waals surface area contributed by atoms with Crippen molar-refractivity contribution in [2.75, 3.05) is 5.32 Å². The largest absolute Gasteiger partial charge is 0.481 e. The van der Waals surface area contributed by atoms with Crippen LogP contribution in [0, 0.1) is 12.3 Å². The van der Waals surface area contributed by atoms with Gasteiger partial charge in [0.25, 0.3) is 0 Å². The molecule has 0 saturated heterocycles. The Kier molecular flexibility index (Phi) is 5.58. The summed E-state index contributed by atoms with van der Waals surface area (Å²) < 4.78 is 0. The van der Waals surface area contributed by atoms with E-state index in [1.54, 1.807) is 0 Å². The van der Waals surface area contributed by atoms with Gasteiger partial charge in [-0.1, -0.05) is 37.5 Å². The first-order valence-electron chi connectivity index (χ1n) is 7.93. The number of hydrogen-bond donors (Lipinski definition) is 2. The lowest BCUT2D eigenvalue weighted by atomic mass is 9.69. The van der Waals surface area contributed by atoms with Crippen LogP contribution in [-0.4, -0.2) is 17.0 Å². The number of para-hydroxylation sites is 1. The first-order chi connectivity index (χ1) is 10.5. The van der Waals surface area contributed by atoms with Crippen LogP contribution < -0.4 is 5.32 Å². The Hall–Kier alpha value is -1.84. The summed E-state index contributed by atoms with van der Waals surface area (Å²) in [5, 5.41) is 12.1. The van der Waals surface area contributed by atoms with E-state index in [4.69, 9.17) is 0 Å². The fourth-order valence-electron chi connectivity index (χ4n) is 3.43. The maximum absolute atomic E-state index is 12.4. The Labute approximate surface area is 131 Å². The van der Waals surface area contributed by atoms with Gasteiger partial charge in [-0.2, -0.15) is 0 Å². The van der Waals surface area contributed by atoms with Gasteiger partial charge in [0.1, 0.15) is 0 Å². The first-order valence-corrected chi connectivity index (χ1v) is 7.93. The maximum Gasteiger partial charge on any atom is 0.303 e. The van der Waals surface area contributed by atoms with Crippen molar-refractivity contribution in [1.29, 1.82) is 0 Å². The second-order valence-corrected chi connectivity index (χ2v) is 6.26. The van der Waals surface area contributed by atoms with E-state index in [0.29, 0.717) is 6.42 Å². The van der Waals surface area contributed by atoms with Gasteiger partial charge < -0.3 is 10.4 Å². The molecule has 1 saturated carbocycles. The van der Waals surface area contributed by atoms with Gasteiger partial charge in [0, 0.05) is 12.1 Å². The van der Waals surface area contributed by atoms with Crippen LogP contribution in [0.15, 0.2) is 24.3 Å². The molecular weight excluding hydrogens is 278 g/mol. The zero-order valence-corrected chi connectivity index (χ0v) is 12.9.